The summed E-state index contributed by atoms with van der Waals surface area (Å²) >= 11 is 7.35. The van der Waals surface area contributed by atoms with E-state index in [1.54, 1.807) is 56.3 Å². The number of rotatable bonds is 5. The predicted molar refractivity (Wildman–Crippen MR) is 162 cm³/mol. The zero-order valence-corrected chi connectivity index (χ0v) is 23.7. The van der Waals surface area contributed by atoms with Gasteiger partial charge in [-0.25, -0.2) is 4.99 Å². The highest BCUT2D eigenvalue weighted by molar-refractivity contribution is 7.07. The zero-order chi connectivity index (χ0) is 28.7. The van der Waals surface area contributed by atoms with Crippen LogP contribution in [0.4, 0.5) is 11.4 Å². The first-order valence-electron chi connectivity index (χ1n) is 12.9. The molecule has 0 spiro atoms. The van der Waals surface area contributed by atoms with Crippen LogP contribution in [0.25, 0.3) is 6.08 Å². The summed E-state index contributed by atoms with van der Waals surface area (Å²) in [4.78, 5) is 46.1. The number of amides is 2. The molecular formula is C31H24ClN5O3S. The van der Waals surface area contributed by atoms with Crippen molar-refractivity contribution in [1.29, 1.82) is 0 Å². The van der Waals surface area contributed by atoms with Crippen LogP contribution in [0.1, 0.15) is 25.5 Å². The van der Waals surface area contributed by atoms with Gasteiger partial charge in [0.1, 0.15) is 5.92 Å². The standard InChI is InChI=1S/C31H24ClN5O3S/c1-18-24(29(39)37(35-18)23-11-7-4-8-12-23)17-25-30(40)36-27(20-13-15-21(32)16-14-20)26(19(2)33-31(36)41-25)28(38)34-22-9-5-3-6-10-22/h3-17,24,27H,1-2H3,(H,34,38)/b25-17+/t24-,27+/m1/s1. The molecule has 0 saturated heterocycles. The van der Waals surface area contributed by atoms with Gasteiger partial charge in [-0.2, -0.15) is 10.1 Å². The van der Waals surface area contributed by atoms with Crippen molar-refractivity contribution >= 4 is 57.9 Å². The Morgan fingerprint density at radius 2 is 1.61 bits per heavy atom. The van der Waals surface area contributed by atoms with Crippen molar-refractivity contribution in [3.8, 4) is 0 Å². The predicted octanol–water partition coefficient (Wildman–Crippen LogP) is 4.52. The van der Waals surface area contributed by atoms with Crippen molar-refractivity contribution in [1.82, 2.24) is 4.57 Å². The molecule has 0 saturated carbocycles. The van der Waals surface area contributed by atoms with Crippen LogP contribution in [0.15, 0.2) is 111 Å². The maximum Gasteiger partial charge on any atom is 0.270 e. The van der Waals surface area contributed by atoms with Crippen LogP contribution in [0.2, 0.25) is 5.02 Å². The molecule has 10 heteroatoms. The lowest BCUT2D eigenvalue weighted by atomic mass is 9.95. The summed E-state index contributed by atoms with van der Waals surface area (Å²) in [5, 5.41) is 9.29. The van der Waals surface area contributed by atoms with E-state index in [0.717, 1.165) is 0 Å². The van der Waals surface area contributed by atoms with Crippen LogP contribution < -0.4 is 25.2 Å². The maximum atomic E-state index is 14.0. The van der Waals surface area contributed by atoms with Gasteiger partial charge in [0.25, 0.3) is 17.4 Å². The van der Waals surface area contributed by atoms with E-state index in [2.05, 4.69) is 15.4 Å². The highest BCUT2D eigenvalue weighted by atomic mass is 35.5. The summed E-state index contributed by atoms with van der Waals surface area (Å²) in [5.41, 5.74) is 3.07. The molecule has 0 bridgehead atoms. The van der Waals surface area contributed by atoms with Crippen LogP contribution in [0.5, 0.6) is 0 Å². The molecule has 4 aromatic rings. The third-order valence-corrected chi connectivity index (χ3v) is 8.24. The second-order valence-electron chi connectivity index (χ2n) is 9.68. The number of halogens is 1. The van der Waals surface area contributed by atoms with Crippen molar-refractivity contribution in [2.75, 3.05) is 10.3 Å². The molecule has 3 aromatic carbocycles. The van der Waals surface area contributed by atoms with E-state index < -0.39 is 12.0 Å². The number of aromatic nitrogens is 1. The number of anilines is 2. The summed E-state index contributed by atoms with van der Waals surface area (Å²) < 4.78 is 1.87. The first kappa shape index (κ1) is 26.6. The fraction of sp³-hybridized carbons (Fsp3) is 0.129. The number of carbonyl (C=O) groups is 2. The van der Waals surface area contributed by atoms with Gasteiger partial charge in [-0.05, 0) is 61.9 Å². The minimum atomic E-state index is -0.746. The lowest BCUT2D eigenvalue weighted by molar-refractivity contribution is -0.118. The number of para-hydroxylation sites is 2. The normalized spacial score (nSPS) is 18.7. The van der Waals surface area contributed by atoms with Crippen LogP contribution in [0, 0.1) is 5.92 Å². The van der Waals surface area contributed by atoms with Crippen molar-refractivity contribution in [2.24, 2.45) is 16.0 Å². The molecule has 2 aliphatic rings. The van der Waals surface area contributed by atoms with E-state index in [9.17, 15) is 14.4 Å². The van der Waals surface area contributed by atoms with Crippen LogP contribution in [-0.4, -0.2) is 22.1 Å². The van der Waals surface area contributed by atoms with Gasteiger partial charge in [-0.3, -0.25) is 19.0 Å². The Hall–Kier alpha value is -4.60. The van der Waals surface area contributed by atoms with Crippen LogP contribution in [-0.2, 0) is 9.59 Å². The van der Waals surface area contributed by atoms with Gasteiger partial charge in [0.15, 0.2) is 4.80 Å². The molecule has 0 unspecified atom stereocenters. The summed E-state index contributed by atoms with van der Waals surface area (Å²) in [7, 11) is 0. The minimum absolute atomic E-state index is 0.243. The average Bonchev–Trinajstić information content (AvgIpc) is 3.43. The lowest BCUT2D eigenvalue weighted by Gasteiger charge is -2.25. The van der Waals surface area contributed by atoms with Crippen molar-refractivity contribution in [3.05, 3.63) is 126 Å². The number of allylic oxidation sites excluding steroid dienone is 1. The Labute approximate surface area is 244 Å². The zero-order valence-electron chi connectivity index (χ0n) is 22.1. The molecule has 3 heterocycles. The van der Waals surface area contributed by atoms with Gasteiger partial charge < -0.3 is 5.32 Å². The minimum Gasteiger partial charge on any atom is -0.322 e. The molecule has 41 heavy (non-hydrogen) atoms. The average molecular weight is 582 g/mol. The number of nitrogens with one attached hydrogen (secondary N) is 1. The number of carbonyl (C=O) groups excluding carboxylic acids is 2. The van der Waals surface area contributed by atoms with Crippen molar-refractivity contribution in [3.63, 3.8) is 0 Å². The Balaban J connectivity index is 1.44. The maximum absolute atomic E-state index is 14.0. The third kappa shape index (κ3) is 4.94. The number of fused-ring (bicyclic) bond motifs is 1. The molecule has 0 aliphatic carbocycles. The first-order chi connectivity index (χ1) is 19.8. The summed E-state index contributed by atoms with van der Waals surface area (Å²) in [6, 6.07) is 24.6. The second kappa shape index (κ2) is 10.8. The number of benzene rings is 3. The lowest BCUT2D eigenvalue weighted by Crippen LogP contribution is -2.41. The quantitative estimate of drug-likeness (QED) is 0.375. The summed E-state index contributed by atoms with van der Waals surface area (Å²) in [6.07, 6.45) is 1.65. The topological polar surface area (TPSA) is 96.1 Å². The number of hydrogen-bond acceptors (Lipinski definition) is 6. The Morgan fingerprint density at radius 1 is 0.951 bits per heavy atom. The van der Waals surface area contributed by atoms with Crippen molar-refractivity contribution < 1.29 is 9.59 Å². The van der Waals surface area contributed by atoms with Crippen LogP contribution in [0.3, 0.4) is 0 Å². The smallest absolute Gasteiger partial charge is 0.270 e. The molecule has 1 N–H and O–H groups in total. The fourth-order valence-corrected chi connectivity index (χ4v) is 6.17. The summed E-state index contributed by atoms with van der Waals surface area (Å²) in [6.45, 7) is 3.53. The number of nitrogens with zero attached hydrogens (tertiary/aromatic N) is 4. The molecule has 1 aromatic heterocycles. The summed E-state index contributed by atoms with van der Waals surface area (Å²) in [5.74, 6) is -1.31. The first-order valence-corrected chi connectivity index (χ1v) is 14.1. The van der Waals surface area contributed by atoms with Gasteiger partial charge in [0.2, 0.25) is 0 Å². The van der Waals surface area contributed by atoms with E-state index in [0.29, 0.717) is 48.3 Å². The Bertz CT molecular complexity index is 1910. The van der Waals surface area contributed by atoms with Gasteiger partial charge in [0, 0.05) is 10.7 Å². The number of hydrogen-bond donors (Lipinski definition) is 1. The molecule has 204 valence electrons. The highest BCUT2D eigenvalue weighted by Gasteiger charge is 2.35. The molecule has 2 atom stereocenters. The van der Waals surface area contributed by atoms with E-state index in [1.807, 2.05) is 48.5 Å². The largest absolute Gasteiger partial charge is 0.322 e. The molecule has 2 amide bonds. The monoisotopic (exact) mass is 581 g/mol. The molecular weight excluding hydrogens is 558 g/mol. The highest BCUT2D eigenvalue weighted by Crippen LogP contribution is 2.31. The third-order valence-electron chi connectivity index (χ3n) is 6.99. The van der Waals surface area contributed by atoms with E-state index in [4.69, 9.17) is 11.6 Å². The van der Waals surface area contributed by atoms with Gasteiger partial charge >= 0.3 is 0 Å². The molecule has 0 radical (unpaired) electrons. The fourth-order valence-electron chi connectivity index (χ4n) is 4.98. The SMILES string of the molecule is CC1=NN(c2ccccc2)C(=O)[C@@H]1/C=c1/sc2n(c1=O)[C@@H](c1ccc(Cl)cc1)C(C(=O)Nc1ccccc1)=C(C)N=2. The molecule has 8 nitrogen and oxygen atoms in total. The molecule has 2 aliphatic heterocycles. The Morgan fingerprint density at radius 3 is 2.29 bits per heavy atom. The van der Waals surface area contributed by atoms with E-state index in [1.165, 1.54) is 20.9 Å². The van der Waals surface area contributed by atoms with Gasteiger partial charge in [-0.1, -0.05) is 71.5 Å². The van der Waals surface area contributed by atoms with Gasteiger partial charge in [0.05, 0.1) is 33.2 Å². The second-order valence-corrected chi connectivity index (χ2v) is 11.1. The van der Waals surface area contributed by atoms with Crippen molar-refractivity contribution in [2.45, 2.75) is 19.9 Å². The van der Waals surface area contributed by atoms with E-state index >= 15 is 0 Å². The Kier molecular flexibility index (Phi) is 6.98. The molecule has 0 fully saturated rings. The van der Waals surface area contributed by atoms with E-state index in [-0.39, 0.29) is 17.4 Å². The molecule has 6 rings (SSSR count). The number of thiazole rings is 1. The number of hydrazone groups is 1. The van der Waals surface area contributed by atoms with Crippen LogP contribution >= 0.6 is 22.9 Å². The van der Waals surface area contributed by atoms with Gasteiger partial charge in [-0.15, -0.1) is 0 Å².